The van der Waals surface area contributed by atoms with Crippen molar-refractivity contribution in [2.24, 2.45) is 0 Å². The zero-order valence-corrected chi connectivity index (χ0v) is 11.8. The van der Waals surface area contributed by atoms with Gasteiger partial charge in [-0.25, -0.2) is 0 Å². The van der Waals surface area contributed by atoms with Gasteiger partial charge in [-0.2, -0.15) is 0 Å². The van der Waals surface area contributed by atoms with Gasteiger partial charge in [0.1, 0.15) is 10.6 Å². The molecule has 0 saturated carbocycles. The molecule has 0 atom stereocenters. The number of hydrogen-bond donors (Lipinski definition) is 1. The summed E-state index contributed by atoms with van der Waals surface area (Å²) < 4.78 is 5.19. The fraction of sp³-hybridized carbons (Fsp3) is 0.200. The molecule has 3 rings (SSSR count). The van der Waals surface area contributed by atoms with E-state index in [-0.39, 0.29) is 11.7 Å². The van der Waals surface area contributed by atoms with Crippen molar-refractivity contribution in [2.45, 2.75) is 12.8 Å². The third-order valence-corrected chi connectivity index (χ3v) is 4.21. The van der Waals surface area contributed by atoms with Crippen molar-refractivity contribution in [1.29, 1.82) is 0 Å². The van der Waals surface area contributed by atoms with Gasteiger partial charge in [0, 0.05) is 17.7 Å². The fourth-order valence-electron chi connectivity index (χ4n) is 2.28. The molecule has 1 aromatic heterocycles. The Morgan fingerprint density at radius 1 is 1.30 bits per heavy atom. The van der Waals surface area contributed by atoms with Gasteiger partial charge in [-0.1, -0.05) is 0 Å². The molecule has 0 radical (unpaired) electrons. The number of nitrogens with one attached hydrogen (secondary N) is 1. The van der Waals surface area contributed by atoms with E-state index in [1.807, 2.05) is 11.4 Å². The molecule has 102 valence electrons. The second-order valence-corrected chi connectivity index (χ2v) is 5.48. The topological polar surface area (TPSA) is 55.4 Å². The van der Waals surface area contributed by atoms with Crippen molar-refractivity contribution in [3.05, 3.63) is 45.6 Å². The minimum Gasteiger partial charge on any atom is -0.495 e. The number of ketones is 1. The largest absolute Gasteiger partial charge is 0.495 e. The van der Waals surface area contributed by atoms with E-state index in [1.165, 1.54) is 11.3 Å². The van der Waals surface area contributed by atoms with Crippen LogP contribution in [0.1, 0.15) is 27.2 Å². The van der Waals surface area contributed by atoms with Gasteiger partial charge in [0.15, 0.2) is 0 Å². The van der Waals surface area contributed by atoms with Crippen molar-refractivity contribution in [3.63, 3.8) is 0 Å². The summed E-state index contributed by atoms with van der Waals surface area (Å²) in [6.45, 7) is 0. The smallest absolute Gasteiger partial charge is 0.224 e. The summed E-state index contributed by atoms with van der Waals surface area (Å²) in [6.07, 6.45) is 1.14. The summed E-state index contributed by atoms with van der Waals surface area (Å²) in [6, 6.07) is 7.18. The second-order valence-electron chi connectivity index (χ2n) is 4.57. The number of hydrogen-bond acceptors (Lipinski definition) is 4. The molecule has 1 aliphatic rings. The van der Waals surface area contributed by atoms with E-state index in [2.05, 4.69) is 5.32 Å². The van der Waals surface area contributed by atoms with E-state index in [9.17, 15) is 9.59 Å². The Balaban J connectivity index is 1.95. The van der Waals surface area contributed by atoms with Crippen molar-refractivity contribution in [1.82, 2.24) is 0 Å². The summed E-state index contributed by atoms with van der Waals surface area (Å²) in [5.74, 6) is 0.582. The molecule has 4 nitrogen and oxygen atoms in total. The average molecular weight is 287 g/mol. The highest BCUT2D eigenvalue weighted by Gasteiger charge is 2.20. The predicted octanol–water partition coefficient (Wildman–Crippen LogP) is 2.87. The van der Waals surface area contributed by atoms with Crippen molar-refractivity contribution in [2.75, 3.05) is 12.4 Å². The number of aryl methyl sites for hydroxylation is 1. The van der Waals surface area contributed by atoms with Crippen LogP contribution in [0.15, 0.2) is 29.6 Å². The van der Waals surface area contributed by atoms with Gasteiger partial charge in [-0.05, 0) is 41.6 Å². The van der Waals surface area contributed by atoms with E-state index in [4.69, 9.17) is 4.74 Å². The van der Waals surface area contributed by atoms with Crippen LogP contribution >= 0.6 is 11.3 Å². The summed E-state index contributed by atoms with van der Waals surface area (Å²) in [7, 11) is 1.56. The Labute approximate surface area is 120 Å². The molecule has 1 aliphatic heterocycles. The number of thiophene rings is 1. The van der Waals surface area contributed by atoms with Crippen LogP contribution in [-0.4, -0.2) is 18.8 Å². The average Bonchev–Trinajstić information content (AvgIpc) is 2.94. The molecule has 2 heterocycles. The van der Waals surface area contributed by atoms with E-state index < -0.39 is 0 Å². The Bertz CT molecular complexity index is 690. The maximum atomic E-state index is 12.5. The molecule has 1 N–H and O–H groups in total. The maximum Gasteiger partial charge on any atom is 0.224 e. The molecule has 0 spiro atoms. The quantitative estimate of drug-likeness (QED) is 0.883. The lowest BCUT2D eigenvalue weighted by Gasteiger charge is -2.17. The number of benzene rings is 1. The normalized spacial score (nSPS) is 13.6. The number of ether oxygens (including phenoxy) is 1. The molecule has 0 unspecified atom stereocenters. The summed E-state index contributed by atoms with van der Waals surface area (Å²) in [5, 5.41) is 4.65. The zero-order valence-electron chi connectivity index (χ0n) is 10.9. The highest BCUT2D eigenvalue weighted by atomic mass is 32.1. The molecule has 1 amide bonds. The molecule has 2 aromatic rings. The van der Waals surface area contributed by atoms with Crippen LogP contribution < -0.4 is 10.1 Å². The highest BCUT2D eigenvalue weighted by Crippen LogP contribution is 2.29. The van der Waals surface area contributed by atoms with Crippen LogP contribution in [0.25, 0.3) is 0 Å². The zero-order chi connectivity index (χ0) is 14.1. The van der Waals surface area contributed by atoms with E-state index >= 15 is 0 Å². The van der Waals surface area contributed by atoms with Crippen molar-refractivity contribution < 1.29 is 14.3 Å². The molecule has 5 heteroatoms. The third-order valence-electron chi connectivity index (χ3n) is 3.32. The minimum absolute atomic E-state index is 0.0245. The van der Waals surface area contributed by atoms with Crippen molar-refractivity contribution in [3.8, 4) is 5.75 Å². The molecular weight excluding hydrogens is 274 g/mol. The standard InChI is InChI=1S/C15H13NO3S/c1-19-12-6-7-20-15(12)14(18)10-2-4-11-9(8-10)3-5-13(17)16-11/h2,4,6-8H,3,5H2,1H3,(H,16,17). The lowest BCUT2D eigenvalue weighted by Crippen LogP contribution is -2.19. The van der Waals surface area contributed by atoms with E-state index in [0.29, 0.717) is 29.0 Å². The van der Waals surface area contributed by atoms with Crippen LogP contribution in [0.5, 0.6) is 5.75 Å². The highest BCUT2D eigenvalue weighted by molar-refractivity contribution is 7.12. The summed E-state index contributed by atoms with van der Waals surface area (Å²) in [4.78, 5) is 24.4. The Morgan fingerprint density at radius 2 is 2.15 bits per heavy atom. The van der Waals surface area contributed by atoms with Crippen molar-refractivity contribution >= 4 is 28.7 Å². The number of rotatable bonds is 3. The molecule has 0 saturated heterocycles. The summed E-state index contributed by atoms with van der Waals surface area (Å²) >= 11 is 1.37. The minimum atomic E-state index is -0.0449. The third kappa shape index (κ3) is 2.20. The molecule has 20 heavy (non-hydrogen) atoms. The number of amides is 1. The number of fused-ring (bicyclic) bond motifs is 1. The molecule has 0 aliphatic carbocycles. The Morgan fingerprint density at radius 3 is 2.95 bits per heavy atom. The SMILES string of the molecule is COc1ccsc1C(=O)c1ccc2c(c1)CCC(=O)N2. The van der Waals surface area contributed by atoms with Gasteiger partial charge in [-0.15, -0.1) is 11.3 Å². The first-order valence-corrected chi connectivity index (χ1v) is 7.16. The Hall–Kier alpha value is -2.14. The van der Waals surface area contributed by atoms with E-state index in [1.54, 1.807) is 25.3 Å². The van der Waals surface area contributed by atoms with Gasteiger partial charge in [0.25, 0.3) is 0 Å². The predicted molar refractivity (Wildman–Crippen MR) is 77.7 cm³/mol. The fourth-order valence-corrected chi connectivity index (χ4v) is 3.10. The van der Waals surface area contributed by atoms with Crippen LogP contribution in [0, 0.1) is 0 Å². The Kier molecular flexibility index (Phi) is 3.28. The molecule has 0 bridgehead atoms. The van der Waals surface area contributed by atoms with Gasteiger partial charge >= 0.3 is 0 Å². The number of carbonyl (C=O) groups is 2. The first-order chi connectivity index (χ1) is 9.69. The second kappa shape index (κ2) is 5.09. The monoisotopic (exact) mass is 287 g/mol. The summed E-state index contributed by atoms with van der Waals surface area (Å²) in [5.41, 5.74) is 2.43. The van der Waals surface area contributed by atoms with E-state index in [0.717, 1.165) is 11.3 Å². The molecule has 1 aromatic carbocycles. The lowest BCUT2D eigenvalue weighted by atomic mass is 9.98. The first kappa shape index (κ1) is 12.9. The van der Waals surface area contributed by atoms with Gasteiger partial charge < -0.3 is 10.1 Å². The van der Waals surface area contributed by atoms with Crippen LogP contribution in [0.2, 0.25) is 0 Å². The van der Waals surface area contributed by atoms with Gasteiger partial charge in [0.05, 0.1) is 7.11 Å². The van der Waals surface area contributed by atoms with Crippen LogP contribution in [0.3, 0.4) is 0 Å². The lowest BCUT2D eigenvalue weighted by molar-refractivity contribution is -0.116. The maximum absolute atomic E-state index is 12.5. The van der Waals surface area contributed by atoms with Gasteiger partial charge in [-0.3, -0.25) is 9.59 Å². The van der Waals surface area contributed by atoms with Crippen LogP contribution in [0.4, 0.5) is 5.69 Å². The first-order valence-electron chi connectivity index (χ1n) is 6.28. The molecule has 0 fully saturated rings. The molecular formula is C15H13NO3S. The number of anilines is 1. The van der Waals surface area contributed by atoms with Crippen LogP contribution in [-0.2, 0) is 11.2 Å². The van der Waals surface area contributed by atoms with Gasteiger partial charge in [0.2, 0.25) is 11.7 Å². The number of carbonyl (C=O) groups excluding carboxylic acids is 2. The number of methoxy groups -OCH3 is 1.